The number of benzene rings is 1. The van der Waals surface area contributed by atoms with Crippen molar-refractivity contribution in [2.75, 3.05) is 48.3 Å². The predicted octanol–water partition coefficient (Wildman–Crippen LogP) is 2.75. The molecule has 1 saturated heterocycles. The second kappa shape index (κ2) is 8.66. The van der Waals surface area contributed by atoms with Gasteiger partial charge in [-0.1, -0.05) is 11.6 Å². The fraction of sp³-hybridized carbons (Fsp3) is 0.364. The number of aromatic nitrogens is 2. The van der Waals surface area contributed by atoms with Crippen LogP contribution in [0.4, 0.5) is 17.3 Å². The smallest absolute Gasteiger partial charge is 0.259 e. The van der Waals surface area contributed by atoms with Crippen molar-refractivity contribution in [2.24, 2.45) is 0 Å². The molecule has 5 heterocycles. The zero-order valence-corrected chi connectivity index (χ0v) is 18.2. The van der Waals surface area contributed by atoms with Crippen LogP contribution in [0.15, 0.2) is 30.7 Å². The maximum absolute atomic E-state index is 12.7. The summed E-state index contributed by atoms with van der Waals surface area (Å²) in [6, 6.07) is 5.33. The standard InChI is InChI=1S/C22H23ClN6O3/c23-16-5-4-14-11-17(16)24-12-15-19-20(27-22(15)31)25-13-26-21(19)29-8-6-28(7-9-29)18(30)3-1-2-10-32-14/h4-5,11-13,24H,1-3,6-10H2,(H,25,26,27,31)/b15-12-. The summed E-state index contributed by atoms with van der Waals surface area (Å²) in [4.78, 5) is 38.0. The molecule has 0 unspecified atom stereocenters. The lowest BCUT2D eigenvalue weighted by Gasteiger charge is -2.36. The molecule has 0 radical (unpaired) electrons. The molecule has 1 aromatic carbocycles. The second-order valence-corrected chi connectivity index (χ2v) is 8.30. The van der Waals surface area contributed by atoms with Gasteiger partial charge >= 0.3 is 0 Å². The van der Waals surface area contributed by atoms with Crippen molar-refractivity contribution in [3.8, 4) is 5.75 Å². The van der Waals surface area contributed by atoms with Crippen molar-refractivity contribution in [3.05, 3.63) is 41.3 Å². The van der Waals surface area contributed by atoms with Crippen molar-refractivity contribution >= 4 is 46.3 Å². The first-order chi connectivity index (χ1) is 15.6. The van der Waals surface area contributed by atoms with Gasteiger partial charge in [-0.2, -0.15) is 0 Å². The van der Waals surface area contributed by atoms with Crippen molar-refractivity contribution in [2.45, 2.75) is 19.3 Å². The minimum Gasteiger partial charge on any atom is -0.494 e. The first-order valence-electron chi connectivity index (χ1n) is 10.7. The Morgan fingerprint density at radius 3 is 2.69 bits per heavy atom. The Labute approximate surface area is 190 Å². The van der Waals surface area contributed by atoms with Crippen LogP contribution in [0.3, 0.4) is 0 Å². The second-order valence-electron chi connectivity index (χ2n) is 7.89. The SMILES string of the molecule is O=C1Nc2ncnc3c2/C1=C/Nc1cc(ccc1Cl)OCCCCC(=O)N1CCN3CC1. The highest BCUT2D eigenvalue weighted by Crippen LogP contribution is 2.37. The van der Waals surface area contributed by atoms with Crippen LogP contribution < -0.4 is 20.3 Å². The Hall–Kier alpha value is -3.33. The Morgan fingerprint density at radius 2 is 1.84 bits per heavy atom. The van der Waals surface area contributed by atoms with Crippen molar-refractivity contribution in [3.63, 3.8) is 0 Å². The van der Waals surface area contributed by atoms with Gasteiger partial charge in [0.1, 0.15) is 23.7 Å². The largest absolute Gasteiger partial charge is 0.494 e. The molecule has 32 heavy (non-hydrogen) atoms. The van der Waals surface area contributed by atoms with E-state index < -0.39 is 0 Å². The van der Waals surface area contributed by atoms with E-state index in [1.807, 2.05) is 4.90 Å². The lowest BCUT2D eigenvalue weighted by Crippen LogP contribution is -2.49. The number of ether oxygens (including phenoxy) is 1. The zero-order valence-electron chi connectivity index (χ0n) is 17.4. The van der Waals surface area contributed by atoms with Gasteiger partial charge in [0, 0.05) is 44.9 Å². The van der Waals surface area contributed by atoms with Crippen LogP contribution in [-0.2, 0) is 9.59 Å². The monoisotopic (exact) mass is 454 g/mol. The summed E-state index contributed by atoms with van der Waals surface area (Å²) in [5.74, 6) is 1.72. The van der Waals surface area contributed by atoms with Gasteiger partial charge in [-0.25, -0.2) is 9.97 Å². The van der Waals surface area contributed by atoms with Gasteiger partial charge in [0.25, 0.3) is 5.91 Å². The maximum atomic E-state index is 12.7. The quantitative estimate of drug-likeness (QED) is 0.631. The highest BCUT2D eigenvalue weighted by atomic mass is 35.5. The fourth-order valence-corrected chi connectivity index (χ4v) is 4.31. The highest BCUT2D eigenvalue weighted by molar-refractivity contribution is 6.34. The van der Waals surface area contributed by atoms with E-state index in [0.717, 1.165) is 12.8 Å². The maximum Gasteiger partial charge on any atom is 0.259 e. The molecule has 10 heteroatoms. The molecular formula is C22H23ClN6O3. The van der Waals surface area contributed by atoms with E-state index >= 15 is 0 Å². The summed E-state index contributed by atoms with van der Waals surface area (Å²) < 4.78 is 5.83. The number of carbonyl (C=O) groups is 2. The lowest BCUT2D eigenvalue weighted by molar-refractivity contribution is -0.131. The summed E-state index contributed by atoms with van der Waals surface area (Å²) in [6.07, 6.45) is 5.14. The Balaban J connectivity index is 1.53. The van der Waals surface area contributed by atoms with Crippen LogP contribution in [0.25, 0.3) is 5.57 Å². The molecule has 0 atom stereocenters. The molecule has 0 aliphatic carbocycles. The van der Waals surface area contributed by atoms with Crippen LogP contribution in [0.5, 0.6) is 5.75 Å². The predicted molar refractivity (Wildman–Crippen MR) is 122 cm³/mol. The van der Waals surface area contributed by atoms with E-state index in [1.54, 1.807) is 24.4 Å². The van der Waals surface area contributed by atoms with E-state index in [2.05, 4.69) is 25.5 Å². The molecule has 2 aromatic rings. The zero-order chi connectivity index (χ0) is 22.1. The molecule has 6 rings (SSSR count). The number of hydrogen-bond donors (Lipinski definition) is 2. The molecule has 9 nitrogen and oxygen atoms in total. The molecule has 0 saturated carbocycles. The summed E-state index contributed by atoms with van der Waals surface area (Å²) in [5, 5.41) is 6.46. The summed E-state index contributed by atoms with van der Waals surface area (Å²) in [6.45, 7) is 3.03. The number of amides is 2. The third kappa shape index (κ3) is 3.95. The molecule has 2 amide bonds. The van der Waals surface area contributed by atoms with Gasteiger partial charge in [0.05, 0.1) is 28.5 Å². The van der Waals surface area contributed by atoms with Gasteiger partial charge < -0.3 is 25.2 Å². The van der Waals surface area contributed by atoms with E-state index in [9.17, 15) is 9.59 Å². The van der Waals surface area contributed by atoms with Gasteiger partial charge in [0.15, 0.2) is 0 Å². The van der Waals surface area contributed by atoms with Crippen molar-refractivity contribution < 1.29 is 14.3 Å². The average Bonchev–Trinajstić information content (AvgIpc) is 3.13. The number of nitrogens with zero attached hydrogens (tertiary/aromatic N) is 4. The number of rotatable bonds is 0. The van der Waals surface area contributed by atoms with Crippen LogP contribution in [-0.4, -0.2) is 59.5 Å². The number of anilines is 3. The minimum absolute atomic E-state index is 0.161. The molecule has 1 aromatic heterocycles. The van der Waals surface area contributed by atoms with Crippen molar-refractivity contribution in [1.29, 1.82) is 0 Å². The first kappa shape index (κ1) is 20.6. The van der Waals surface area contributed by atoms with Crippen LogP contribution in [0, 0.1) is 0 Å². The molecule has 166 valence electrons. The van der Waals surface area contributed by atoms with Crippen LogP contribution in [0.2, 0.25) is 5.02 Å². The molecule has 1 fully saturated rings. The third-order valence-electron chi connectivity index (χ3n) is 5.87. The lowest BCUT2D eigenvalue weighted by atomic mass is 10.1. The average molecular weight is 455 g/mol. The molecule has 2 N–H and O–H groups in total. The molecule has 0 spiro atoms. The molecule has 4 aliphatic rings. The number of nitrogens with one attached hydrogen (secondary N) is 2. The van der Waals surface area contributed by atoms with E-state index in [1.165, 1.54) is 6.33 Å². The van der Waals surface area contributed by atoms with Gasteiger partial charge in [-0.05, 0) is 25.0 Å². The van der Waals surface area contributed by atoms with Gasteiger partial charge in [0.2, 0.25) is 5.91 Å². The highest BCUT2D eigenvalue weighted by Gasteiger charge is 2.32. The van der Waals surface area contributed by atoms with Gasteiger partial charge in [-0.15, -0.1) is 0 Å². The summed E-state index contributed by atoms with van der Waals surface area (Å²) in [7, 11) is 0. The number of fused-ring (bicyclic) bond motifs is 8. The minimum atomic E-state index is -0.263. The molecular weight excluding hydrogens is 432 g/mol. The summed E-state index contributed by atoms with van der Waals surface area (Å²) in [5.41, 5.74) is 1.70. The molecule has 4 bridgehead atoms. The van der Waals surface area contributed by atoms with Crippen LogP contribution >= 0.6 is 11.6 Å². The first-order valence-corrected chi connectivity index (χ1v) is 11.1. The number of piperazine rings is 1. The van der Waals surface area contributed by atoms with E-state index in [4.69, 9.17) is 16.3 Å². The molecule has 4 aliphatic heterocycles. The third-order valence-corrected chi connectivity index (χ3v) is 6.20. The summed E-state index contributed by atoms with van der Waals surface area (Å²) >= 11 is 6.35. The van der Waals surface area contributed by atoms with Crippen molar-refractivity contribution in [1.82, 2.24) is 14.9 Å². The number of hydrogen-bond acceptors (Lipinski definition) is 7. The normalized spacial score (nSPS) is 20.3. The Bertz CT molecular complexity index is 1100. The van der Waals surface area contributed by atoms with E-state index in [-0.39, 0.29) is 11.8 Å². The Morgan fingerprint density at radius 1 is 1.03 bits per heavy atom. The number of halogens is 1. The fourth-order valence-electron chi connectivity index (χ4n) is 4.13. The number of carbonyl (C=O) groups excluding carboxylic acids is 2. The van der Waals surface area contributed by atoms with Crippen LogP contribution in [0.1, 0.15) is 24.8 Å². The van der Waals surface area contributed by atoms with E-state index in [0.29, 0.717) is 78.4 Å². The Kier molecular flexibility index (Phi) is 5.57. The van der Waals surface area contributed by atoms with Gasteiger partial charge in [-0.3, -0.25) is 9.59 Å². The topological polar surface area (TPSA) is 99.7 Å².